The fraction of sp³-hybridized carbons (Fsp3) is 0.375. The van der Waals surface area contributed by atoms with Crippen molar-refractivity contribution >= 4 is 18.0 Å². The Hall–Kier alpha value is -2.10. The number of rotatable bonds is 5. The van der Waals surface area contributed by atoms with Gasteiger partial charge in [0.2, 0.25) is 0 Å². The Balaban J connectivity index is 3.00. The molecule has 0 saturated carbocycles. The molecule has 0 unspecified atom stereocenters. The minimum Gasteiger partial charge on any atom is -0.478 e. The molecule has 1 N–H and O–H groups in total. The van der Waals surface area contributed by atoms with Crippen molar-refractivity contribution in [3.8, 4) is 0 Å². The Morgan fingerprint density at radius 3 is 2.55 bits per heavy atom. The van der Waals surface area contributed by atoms with Gasteiger partial charge in [-0.15, -0.1) is 0 Å². The van der Waals surface area contributed by atoms with Gasteiger partial charge in [-0.1, -0.05) is 19.9 Å². The number of hydrogen-bond donors (Lipinski definition) is 1. The summed E-state index contributed by atoms with van der Waals surface area (Å²) in [5.41, 5.74) is 2.26. The van der Waals surface area contributed by atoms with E-state index in [0.29, 0.717) is 18.0 Å². The van der Waals surface area contributed by atoms with Gasteiger partial charge < -0.3 is 10.0 Å². The number of aryl methyl sites for hydroxylation is 1. The summed E-state index contributed by atoms with van der Waals surface area (Å²) in [7, 11) is 1.77. The van der Waals surface area contributed by atoms with Crippen LogP contribution < -0.4 is 0 Å². The van der Waals surface area contributed by atoms with Gasteiger partial charge in [0.25, 0.3) is 5.91 Å². The van der Waals surface area contributed by atoms with Crippen molar-refractivity contribution < 1.29 is 14.7 Å². The lowest BCUT2D eigenvalue weighted by Crippen LogP contribution is -2.30. The number of carboxylic acid groups (broad SMARTS) is 1. The second-order valence-corrected chi connectivity index (χ2v) is 5.32. The third kappa shape index (κ3) is 4.53. The summed E-state index contributed by atoms with van der Waals surface area (Å²) < 4.78 is 0. The van der Waals surface area contributed by atoms with E-state index in [9.17, 15) is 9.59 Å². The average molecular weight is 275 g/mol. The van der Waals surface area contributed by atoms with Crippen LogP contribution in [0.5, 0.6) is 0 Å². The second-order valence-electron chi connectivity index (χ2n) is 5.32. The van der Waals surface area contributed by atoms with Crippen LogP contribution in [0.2, 0.25) is 0 Å². The first kappa shape index (κ1) is 16.0. The highest BCUT2D eigenvalue weighted by molar-refractivity contribution is 5.95. The lowest BCUT2D eigenvalue weighted by Gasteiger charge is -2.19. The van der Waals surface area contributed by atoms with E-state index in [4.69, 9.17) is 5.11 Å². The number of nitrogens with zero attached hydrogens (tertiary/aromatic N) is 1. The first-order chi connectivity index (χ1) is 9.31. The zero-order valence-electron chi connectivity index (χ0n) is 12.4. The molecule has 0 saturated heterocycles. The van der Waals surface area contributed by atoms with Gasteiger partial charge in [0.1, 0.15) is 0 Å². The maximum absolute atomic E-state index is 12.3. The average Bonchev–Trinajstić information content (AvgIpc) is 2.36. The molecule has 0 radical (unpaired) electrons. The van der Waals surface area contributed by atoms with Crippen LogP contribution >= 0.6 is 0 Å². The minimum atomic E-state index is -1.00. The fourth-order valence-corrected chi connectivity index (χ4v) is 1.97. The quantitative estimate of drug-likeness (QED) is 0.841. The van der Waals surface area contributed by atoms with Crippen LogP contribution in [0.1, 0.15) is 35.3 Å². The number of hydrogen-bond acceptors (Lipinski definition) is 2. The molecule has 0 aliphatic heterocycles. The molecule has 1 aromatic rings. The fourth-order valence-electron chi connectivity index (χ4n) is 1.97. The van der Waals surface area contributed by atoms with Crippen LogP contribution in [-0.4, -0.2) is 35.5 Å². The molecule has 0 bridgehead atoms. The van der Waals surface area contributed by atoms with Gasteiger partial charge in [-0.2, -0.15) is 0 Å². The standard InChI is InChI=1S/C16H21NO3/c1-11(2)10-17(4)16(20)14-6-5-12(3)13(9-14)7-8-15(18)19/h5-9,11H,10H2,1-4H3,(H,18,19)/b8-7+. The SMILES string of the molecule is Cc1ccc(C(=O)N(C)CC(C)C)cc1/C=C/C(=O)O. The maximum atomic E-state index is 12.3. The van der Waals surface area contributed by atoms with E-state index in [1.807, 2.05) is 13.0 Å². The van der Waals surface area contributed by atoms with Crippen LogP contribution in [0, 0.1) is 12.8 Å². The van der Waals surface area contributed by atoms with Gasteiger partial charge >= 0.3 is 5.97 Å². The lowest BCUT2D eigenvalue weighted by atomic mass is 10.0. The van der Waals surface area contributed by atoms with Crippen molar-refractivity contribution in [3.63, 3.8) is 0 Å². The molecule has 0 aliphatic carbocycles. The number of benzene rings is 1. The third-order valence-corrected chi connectivity index (χ3v) is 2.92. The first-order valence-electron chi connectivity index (χ1n) is 6.58. The van der Waals surface area contributed by atoms with Crippen LogP contribution in [0.4, 0.5) is 0 Å². The van der Waals surface area contributed by atoms with E-state index >= 15 is 0 Å². The van der Waals surface area contributed by atoms with Gasteiger partial charge in [-0.3, -0.25) is 4.79 Å². The van der Waals surface area contributed by atoms with Crippen molar-refractivity contribution in [2.24, 2.45) is 5.92 Å². The molecule has 108 valence electrons. The normalized spacial score (nSPS) is 11.1. The molecule has 0 aromatic heterocycles. The Morgan fingerprint density at radius 1 is 1.35 bits per heavy atom. The molecule has 20 heavy (non-hydrogen) atoms. The number of carbonyl (C=O) groups excluding carboxylic acids is 1. The molecule has 1 aromatic carbocycles. The molecule has 1 rings (SSSR count). The Labute approximate surface area is 119 Å². The zero-order valence-corrected chi connectivity index (χ0v) is 12.4. The van der Waals surface area contributed by atoms with Crippen LogP contribution in [0.15, 0.2) is 24.3 Å². The summed E-state index contributed by atoms with van der Waals surface area (Å²) in [6.45, 7) is 6.68. The van der Waals surface area contributed by atoms with Crippen LogP contribution in [0.3, 0.4) is 0 Å². The summed E-state index contributed by atoms with van der Waals surface area (Å²) in [6.07, 6.45) is 2.59. The topological polar surface area (TPSA) is 57.6 Å². The van der Waals surface area contributed by atoms with Crippen molar-refractivity contribution in [1.29, 1.82) is 0 Å². The lowest BCUT2D eigenvalue weighted by molar-refractivity contribution is -0.131. The molecule has 4 heteroatoms. The van der Waals surface area contributed by atoms with E-state index < -0.39 is 5.97 Å². The smallest absolute Gasteiger partial charge is 0.328 e. The summed E-state index contributed by atoms with van der Waals surface area (Å²) >= 11 is 0. The molecule has 0 atom stereocenters. The summed E-state index contributed by atoms with van der Waals surface area (Å²) in [5, 5.41) is 8.67. The number of carboxylic acids is 1. The molecule has 0 spiro atoms. The molecule has 1 amide bonds. The Morgan fingerprint density at radius 2 is 2.00 bits per heavy atom. The summed E-state index contributed by atoms with van der Waals surface area (Å²) in [5.74, 6) is -0.650. The Bertz CT molecular complexity index is 533. The summed E-state index contributed by atoms with van der Waals surface area (Å²) in [6, 6.07) is 5.33. The van der Waals surface area contributed by atoms with Gasteiger partial charge in [-0.05, 0) is 42.2 Å². The van der Waals surface area contributed by atoms with Crippen molar-refractivity contribution in [3.05, 3.63) is 41.0 Å². The first-order valence-corrected chi connectivity index (χ1v) is 6.58. The van der Waals surface area contributed by atoms with Crippen molar-refractivity contribution in [2.45, 2.75) is 20.8 Å². The monoisotopic (exact) mass is 275 g/mol. The van der Waals surface area contributed by atoms with E-state index in [0.717, 1.165) is 17.2 Å². The second kappa shape index (κ2) is 6.89. The van der Waals surface area contributed by atoms with E-state index in [1.54, 1.807) is 24.1 Å². The zero-order chi connectivity index (χ0) is 15.3. The summed E-state index contributed by atoms with van der Waals surface area (Å²) in [4.78, 5) is 24.5. The van der Waals surface area contributed by atoms with Gasteiger partial charge in [0.05, 0.1) is 0 Å². The molecule has 0 fully saturated rings. The predicted molar refractivity (Wildman–Crippen MR) is 79.6 cm³/mol. The third-order valence-electron chi connectivity index (χ3n) is 2.92. The van der Waals surface area contributed by atoms with Gasteiger partial charge in [0, 0.05) is 25.2 Å². The van der Waals surface area contributed by atoms with Gasteiger partial charge in [-0.25, -0.2) is 4.79 Å². The van der Waals surface area contributed by atoms with Crippen molar-refractivity contribution in [2.75, 3.05) is 13.6 Å². The van der Waals surface area contributed by atoms with Gasteiger partial charge in [0.15, 0.2) is 0 Å². The van der Waals surface area contributed by atoms with E-state index in [2.05, 4.69) is 13.8 Å². The Kier molecular flexibility index (Phi) is 5.50. The minimum absolute atomic E-state index is 0.0522. The molecule has 0 aliphatic rings. The highest BCUT2D eigenvalue weighted by Gasteiger charge is 2.13. The largest absolute Gasteiger partial charge is 0.478 e. The predicted octanol–water partition coefficient (Wildman–Crippen LogP) is 2.82. The van der Waals surface area contributed by atoms with Crippen LogP contribution in [-0.2, 0) is 4.79 Å². The number of carbonyl (C=O) groups is 2. The highest BCUT2D eigenvalue weighted by atomic mass is 16.4. The van der Waals surface area contributed by atoms with E-state index in [-0.39, 0.29) is 5.91 Å². The van der Waals surface area contributed by atoms with E-state index in [1.165, 1.54) is 6.08 Å². The molecule has 4 nitrogen and oxygen atoms in total. The number of aliphatic carboxylic acids is 1. The van der Waals surface area contributed by atoms with Crippen LogP contribution in [0.25, 0.3) is 6.08 Å². The molecule has 0 heterocycles. The molecular weight excluding hydrogens is 254 g/mol. The highest BCUT2D eigenvalue weighted by Crippen LogP contribution is 2.15. The van der Waals surface area contributed by atoms with Crippen molar-refractivity contribution in [1.82, 2.24) is 4.90 Å². The maximum Gasteiger partial charge on any atom is 0.328 e. The number of amides is 1. The molecular formula is C16H21NO3.